The van der Waals surface area contributed by atoms with Crippen molar-refractivity contribution in [2.45, 2.75) is 32.9 Å². The average Bonchev–Trinajstić information content (AvgIpc) is 2.38. The van der Waals surface area contributed by atoms with Gasteiger partial charge in [-0.05, 0) is 31.4 Å². The first-order valence-electron chi connectivity index (χ1n) is 6.77. The number of carbonyl (C=O) groups is 1. The second-order valence-electron chi connectivity index (χ2n) is 4.94. The lowest BCUT2D eigenvalue weighted by Gasteiger charge is -2.12. The standard InChI is InChI=1S/C15H24N2O3/c1-11-4-5-13(12(2)8-11)9-17-15(19)16-7-6-14(18)10-20-3/h4-5,8,14,18H,6-7,9-10H2,1-3H3,(H2,16,17,19). The Bertz CT molecular complexity index is 435. The van der Waals surface area contributed by atoms with Crippen LogP contribution in [0, 0.1) is 13.8 Å². The summed E-state index contributed by atoms with van der Waals surface area (Å²) in [5, 5.41) is 14.9. The minimum absolute atomic E-state index is 0.227. The van der Waals surface area contributed by atoms with E-state index in [1.807, 2.05) is 26.0 Å². The molecule has 3 N–H and O–H groups in total. The zero-order valence-electron chi connectivity index (χ0n) is 12.4. The molecule has 2 amide bonds. The first-order valence-corrected chi connectivity index (χ1v) is 6.77. The van der Waals surface area contributed by atoms with Gasteiger partial charge in [0.05, 0.1) is 12.7 Å². The number of aryl methyl sites for hydroxylation is 2. The van der Waals surface area contributed by atoms with Crippen LogP contribution in [0.2, 0.25) is 0 Å². The SMILES string of the molecule is COCC(O)CCNC(=O)NCc1ccc(C)cc1C. The number of hydrogen-bond donors (Lipinski definition) is 3. The minimum Gasteiger partial charge on any atom is -0.391 e. The molecule has 0 aliphatic heterocycles. The molecule has 0 heterocycles. The molecule has 1 rings (SSSR count). The van der Waals surface area contributed by atoms with Crippen LogP contribution in [0.25, 0.3) is 0 Å². The molecule has 1 atom stereocenters. The van der Waals surface area contributed by atoms with Gasteiger partial charge in [0.25, 0.3) is 0 Å². The number of rotatable bonds is 7. The zero-order chi connectivity index (χ0) is 15.0. The van der Waals surface area contributed by atoms with E-state index in [-0.39, 0.29) is 12.6 Å². The predicted molar refractivity (Wildman–Crippen MR) is 78.7 cm³/mol. The van der Waals surface area contributed by atoms with E-state index in [1.165, 1.54) is 18.2 Å². The molecular formula is C15H24N2O3. The molecule has 1 unspecified atom stereocenters. The fourth-order valence-electron chi connectivity index (χ4n) is 1.91. The number of carbonyl (C=O) groups excluding carboxylic acids is 1. The van der Waals surface area contributed by atoms with Gasteiger partial charge in [0.1, 0.15) is 0 Å². The number of amides is 2. The molecule has 0 aromatic heterocycles. The largest absolute Gasteiger partial charge is 0.391 e. The van der Waals surface area contributed by atoms with Crippen LogP contribution < -0.4 is 10.6 Å². The van der Waals surface area contributed by atoms with Crippen molar-refractivity contribution < 1.29 is 14.6 Å². The number of urea groups is 1. The monoisotopic (exact) mass is 280 g/mol. The van der Waals surface area contributed by atoms with E-state index in [1.54, 1.807) is 0 Å². The number of aliphatic hydroxyl groups excluding tert-OH is 1. The van der Waals surface area contributed by atoms with Gasteiger partial charge in [0.15, 0.2) is 0 Å². The second kappa shape index (κ2) is 8.55. The lowest BCUT2D eigenvalue weighted by atomic mass is 10.1. The van der Waals surface area contributed by atoms with Crippen molar-refractivity contribution >= 4 is 6.03 Å². The van der Waals surface area contributed by atoms with Crippen LogP contribution >= 0.6 is 0 Å². The third-order valence-electron chi connectivity index (χ3n) is 3.06. The maximum Gasteiger partial charge on any atom is 0.315 e. The van der Waals surface area contributed by atoms with Gasteiger partial charge < -0.3 is 20.5 Å². The van der Waals surface area contributed by atoms with E-state index in [0.717, 1.165) is 5.56 Å². The summed E-state index contributed by atoms with van der Waals surface area (Å²) in [7, 11) is 1.53. The van der Waals surface area contributed by atoms with E-state index in [9.17, 15) is 9.90 Å². The Morgan fingerprint density at radius 2 is 2.10 bits per heavy atom. The fourth-order valence-corrected chi connectivity index (χ4v) is 1.91. The Labute approximate surface area is 120 Å². The summed E-state index contributed by atoms with van der Waals surface area (Å²) in [6.45, 7) is 5.28. The highest BCUT2D eigenvalue weighted by atomic mass is 16.5. The van der Waals surface area contributed by atoms with Crippen LogP contribution in [0.15, 0.2) is 18.2 Å². The molecule has 0 saturated carbocycles. The van der Waals surface area contributed by atoms with Crippen LogP contribution in [0.4, 0.5) is 4.79 Å². The molecule has 0 spiro atoms. The predicted octanol–water partition coefficient (Wildman–Crippen LogP) is 1.50. The molecule has 0 aliphatic rings. The fraction of sp³-hybridized carbons (Fsp3) is 0.533. The Kier molecular flexibility index (Phi) is 7.04. The number of benzene rings is 1. The Morgan fingerprint density at radius 3 is 2.75 bits per heavy atom. The van der Waals surface area contributed by atoms with E-state index in [2.05, 4.69) is 16.7 Å². The molecule has 0 saturated heterocycles. The summed E-state index contributed by atoms with van der Waals surface area (Å²) in [5.74, 6) is 0. The number of methoxy groups -OCH3 is 1. The Balaban J connectivity index is 2.26. The highest BCUT2D eigenvalue weighted by molar-refractivity contribution is 5.73. The van der Waals surface area contributed by atoms with Crippen molar-refractivity contribution in [3.8, 4) is 0 Å². The molecular weight excluding hydrogens is 256 g/mol. The smallest absolute Gasteiger partial charge is 0.315 e. The third kappa shape index (κ3) is 6.04. The van der Waals surface area contributed by atoms with Gasteiger partial charge in [-0.15, -0.1) is 0 Å². The second-order valence-corrected chi connectivity index (χ2v) is 4.94. The summed E-state index contributed by atoms with van der Waals surface area (Å²) in [5.41, 5.74) is 3.48. The molecule has 0 fully saturated rings. The van der Waals surface area contributed by atoms with Gasteiger partial charge in [-0.3, -0.25) is 0 Å². The molecule has 112 valence electrons. The summed E-state index contributed by atoms with van der Waals surface area (Å²) in [6, 6.07) is 5.92. The highest BCUT2D eigenvalue weighted by Crippen LogP contribution is 2.09. The van der Waals surface area contributed by atoms with Crippen molar-refractivity contribution in [2.24, 2.45) is 0 Å². The average molecular weight is 280 g/mol. The first-order chi connectivity index (χ1) is 9.52. The normalized spacial score (nSPS) is 12.0. The molecule has 0 aliphatic carbocycles. The van der Waals surface area contributed by atoms with Gasteiger partial charge in [0, 0.05) is 20.2 Å². The lowest BCUT2D eigenvalue weighted by Crippen LogP contribution is -2.37. The van der Waals surface area contributed by atoms with Gasteiger partial charge >= 0.3 is 6.03 Å². The summed E-state index contributed by atoms with van der Waals surface area (Å²) in [6.07, 6.45) is -0.0650. The van der Waals surface area contributed by atoms with Crippen molar-refractivity contribution in [3.05, 3.63) is 34.9 Å². The maximum atomic E-state index is 11.6. The maximum absolute atomic E-state index is 11.6. The Hall–Kier alpha value is -1.59. The molecule has 1 aromatic rings. The van der Waals surface area contributed by atoms with Crippen LogP contribution in [0.5, 0.6) is 0 Å². The van der Waals surface area contributed by atoms with E-state index in [0.29, 0.717) is 19.5 Å². The van der Waals surface area contributed by atoms with Crippen molar-refractivity contribution in [1.29, 1.82) is 0 Å². The van der Waals surface area contributed by atoms with Gasteiger partial charge in [0.2, 0.25) is 0 Å². The van der Waals surface area contributed by atoms with Crippen molar-refractivity contribution in [1.82, 2.24) is 10.6 Å². The summed E-state index contributed by atoms with van der Waals surface area (Å²) < 4.78 is 4.81. The van der Waals surface area contributed by atoms with Crippen molar-refractivity contribution in [3.63, 3.8) is 0 Å². The lowest BCUT2D eigenvalue weighted by molar-refractivity contribution is 0.0598. The quantitative estimate of drug-likeness (QED) is 0.709. The third-order valence-corrected chi connectivity index (χ3v) is 3.06. The molecule has 5 heteroatoms. The van der Waals surface area contributed by atoms with Gasteiger partial charge in [-0.25, -0.2) is 4.79 Å². The number of ether oxygens (including phenoxy) is 1. The van der Waals surface area contributed by atoms with Crippen LogP contribution in [0.1, 0.15) is 23.1 Å². The van der Waals surface area contributed by atoms with E-state index < -0.39 is 6.10 Å². The first kappa shape index (κ1) is 16.5. The molecule has 5 nitrogen and oxygen atoms in total. The number of hydrogen-bond acceptors (Lipinski definition) is 3. The molecule has 1 aromatic carbocycles. The van der Waals surface area contributed by atoms with E-state index >= 15 is 0 Å². The van der Waals surface area contributed by atoms with E-state index in [4.69, 9.17) is 4.74 Å². The number of aliphatic hydroxyl groups is 1. The minimum atomic E-state index is -0.542. The van der Waals surface area contributed by atoms with Crippen molar-refractivity contribution in [2.75, 3.05) is 20.3 Å². The summed E-state index contributed by atoms with van der Waals surface area (Å²) in [4.78, 5) is 11.6. The van der Waals surface area contributed by atoms with Crippen LogP contribution in [-0.2, 0) is 11.3 Å². The zero-order valence-corrected chi connectivity index (χ0v) is 12.4. The topological polar surface area (TPSA) is 70.6 Å². The van der Waals surface area contributed by atoms with Crippen LogP contribution in [-0.4, -0.2) is 37.5 Å². The highest BCUT2D eigenvalue weighted by Gasteiger charge is 2.05. The van der Waals surface area contributed by atoms with Gasteiger partial charge in [-0.2, -0.15) is 0 Å². The molecule has 0 bridgehead atoms. The van der Waals surface area contributed by atoms with Crippen LogP contribution in [0.3, 0.4) is 0 Å². The molecule has 0 radical (unpaired) electrons. The Morgan fingerprint density at radius 1 is 1.35 bits per heavy atom. The summed E-state index contributed by atoms with van der Waals surface area (Å²) >= 11 is 0. The number of nitrogens with one attached hydrogen (secondary N) is 2. The molecule has 20 heavy (non-hydrogen) atoms. The van der Waals surface area contributed by atoms with Gasteiger partial charge in [-0.1, -0.05) is 23.8 Å².